The molecule has 2 heterocycles. The van der Waals surface area contributed by atoms with E-state index in [0.717, 1.165) is 32.5 Å². The molecule has 2 aliphatic heterocycles. The number of rotatable bonds is 1. The van der Waals surface area contributed by atoms with Crippen molar-refractivity contribution in [2.24, 2.45) is 11.7 Å². The van der Waals surface area contributed by atoms with E-state index in [1.165, 1.54) is 13.0 Å². The molecule has 0 spiro atoms. The van der Waals surface area contributed by atoms with Gasteiger partial charge in [-0.3, -0.25) is 4.90 Å². The molecule has 0 aromatic carbocycles. The van der Waals surface area contributed by atoms with E-state index in [9.17, 15) is 4.79 Å². The monoisotopic (exact) mass is 268 g/mol. The van der Waals surface area contributed by atoms with Crippen molar-refractivity contribution in [2.45, 2.75) is 38.3 Å². The molecule has 0 aromatic heterocycles. The Hall–Kier alpha value is -0.810. The molecule has 2 N–H and O–H groups in total. The molecule has 0 aliphatic carbocycles. The first-order valence-electron chi connectivity index (χ1n) is 7.45. The Balaban J connectivity index is 1.82. The van der Waals surface area contributed by atoms with Gasteiger partial charge in [0.1, 0.15) is 0 Å². The molecule has 19 heavy (non-hydrogen) atoms. The summed E-state index contributed by atoms with van der Waals surface area (Å²) in [7, 11) is 3.64. The third kappa shape index (κ3) is 3.39. The summed E-state index contributed by atoms with van der Waals surface area (Å²) in [6.07, 6.45) is 3.37. The SMILES string of the molecule is CC1CCN(C2CCN(C(=O)N(C)C)CC2)CC1N. The molecular weight excluding hydrogens is 240 g/mol. The topological polar surface area (TPSA) is 52.8 Å². The lowest BCUT2D eigenvalue weighted by atomic mass is 9.91. The maximum Gasteiger partial charge on any atom is 0.319 e. The van der Waals surface area contributed by atoms with Crippen molar-refractivity contribution in [2.75, 3.05) is 40.3 Å². The molecule has 2 amide bonds. The molecule has 5 heteroatoms. The summed E-state index contributed by atoms with van der Waals surface area (Å²) in [6, 6.07) is 1.07. The molecule has 0 radical (unpaired) electrons. The average Bonchev–Trinajstić information content (AvgIpc) is 2.41. The van der Waals surface area contributed by atoms with E-state index < -0.39 is 0 Å². The first kappa shape index (κ1) is 14.6. The molecular formula is C14H28N4O. The number of likely N-dealkylation sites (tertiary alicyclic amines) is 2. The van der Waals surface area contributed by atoms with Gasteiger partial charge >= 0.3 is 6.03 Å². The Kier molecular flexibility index (Phi) is 4.68. The summed E-state index contributed by atoms with van der Waals surface area (Å²) < 4.78 is 0. The van der Waals surface area contributed by atoms with Gasteiger partial charge in [-0.2, -0.15) is 0 Å². The van der Waals surface area contributed by atoms with Crippen molar-refractivity contribution in [1.82, 2.24) is 14.7 Å². The minimum Gasteiger partial charge on any atom is -0.331 e. The highest BCUT2D eigenvalue weighted by molar-refractivity contribution is 5.73. The van der Waals surface area contributed by atoms with Crippen molar-refractivity contribution >= 4 is 6.03 Å². The van der Waals surface area contributed by atoms with E-state index in [2.05, 4.69) is 11.8 Å². The van der Waals surface area contributed by atoms with Gasteiger partial charge in [-0.05, 0) is 31.7 Å². The fourth-order valence-electron chi connectivity index (χ4n) is 3.16. The second kappa shape index (κ2) is 6.09. The molecule has 2 saturated heterocycles. The Bertz CT molecular complexity index is 313. The van der Waals surface area contributed by atoms with Gasteiger partial charge in [0.2, 0.25) is 0 Å². The molecule has 2 fully saturated rings. The number of hydrogen-bond acceptors (Lipinski definition) is 3. The van der Waals surface area contributed by atoms with Crippen molar-refractivity contribution in [3.8, 4) is 0 Å². The molecule has 2 atom stereocenters. The lowest BCUT2D eigenvalue weighted by molar-refractivity contribution is 0.0742. The summed E-state index contributed by atoms with van der Waals surface area (Å²) in [5.41, 5.74) is 6.18. The van der Waals surface area contributed by atoms with Crippen LogP contribution in [0.2, 0.25) is 0 Å². The normalized spacial score (nSPS) is 30.4. The highest BCUT2D eigenvalue weighted by atomic mass is 16.2. The second-order valence-corrected chi connectivity index (χ2v) is 6.32. The summed E-state index contributed by atoms with van der Waals surface area (Å²) >= 11 is 0. The molecule has 2 rings (SSSR count). The van der Waals surface area contributed by atoms with Gasteiger partial charge in [0.25, 0.3) is 0 Å². The lowest BCUT2D eigenvalue weighted by Crippen LogP contribution is -2.55. The number of nitrogens with two attached hydrogens (primary N) is 1. The molecule has 0 saturated carbocycles. The van der Waals surface area contributed by atoms with Gasteiger partial charge in [-0.25, -0.2) is 4.79 Å². The zero-order chi connectivity index (χ0) is 14.0. The second-order valence-electron chi connectivity index (χ2n) is 6.32. The van der Waals surface area contributed by atoms with Crippen LogP contribution in [0.15, 0.2) is 0 Å². The third-order valence-electron chi connectivity index (χ3n) is 4.68. The van der Waals surface area contributed by atoms with Crippen molar-refractivity contribution in [1.29, 1.82) is 0 Å². The summed E-state index contributed by atoms with van der Waals surface area (Å²) in [6.45, 7) is 6.20. The van der Waals surface area contributed by atoms with E-state index in [-0.39, 0.29) is 6.03 Å². The van der Waals surface area contributed by atoms with Crippen LogP contribution >= 0.6 is 0 Å². The van der Waals surface area contributed by atoms with E-state index in [1.807, 2.05) is 19.0 Å². The van der Waals surface area contributed by atoms with Gasteiger partial charge < -0.3 is 15.5 Å². The zero-order valence-corrected chi connectivity index (χ0v) is 12.5. The first-order chi connectivity index (χ1) is 8.99. The Morgan fingerprint density at radius 1 is 1.16 bits per heavy atom. The van der Waals surface area contributed by atoms with Crippen molar-refractivity contribution in [3.63, 3.8) is 0 Å². The van der Waals surface area contributed by atoms with Crippen LogP contribution in [0.25, 0.3) is 0 Å². The van der Waals surface area contributed by atoms with E-state index in [1.54, 1.807) is 4.90 Å². The van der Waals surface area contributed by atoms with Crippen LogP contribution in [0.4, 0.5) is 4.79 Å². The number of nitrogens with zero attached hydrogens (tertiary/aromatic N) is 3. The maximum absolute atomic E-state index is 11.9. The summed E-state index contributed by atoms with van der Waals surface area (Å²) in [5.74, 6) is 0.645. The quantitative estimate of drug-likeness (QED) is 0.765. The summed E-state index contributed by atoms with van der Waals surface area (Å²) in [5, 5.41) is 0. The Morgan fingerprint density at radius 2 is 1.79 bits per heavy atom. The average molecular weight is 268 g/mol. The summed E-state index contributed by atoms with van der Waals surface area (Å²) in [4.78, 5) is 18.1. The Labute approximate surface area is 116 Å². The number of urea groups is 1. The van der Waals surface area contributed by atoms with Crippen LogP contribution in [-0.2, 0) is 0 Å². The number of piperidine rings is 2. The molecule has 0 bridgehead atoms. The number of carbonyl (C=O) groups is 1. The molecule has 0 aromatic rings. The van der Waals surface area contributed by atoms with Gasteiger partial charge in [-0.1, -0.05) is 6.92 Å². The van der Waals surface area contributed by atoms with Gasteiger partial charge in [-0.15, -0.1) is 0 Å². The van der Waals surface area contributed by atoms with Crippen LogP contribution in [-0.4, -0.2) is 73.1 Å². The van der Waals surface area contributed by atoms with Crippen molar-refractivity contribution in [3.05, 3.63) is 0 Å². The van der Waals surface area contributed by atoms with Crippen LogP contribution in [0.3, 0.4) is 0 Å². The minimum absolute atomic E-state index is 0.141. The van der Waals surface area contributed by atoms with Crippen LogP contribution < -0.4 is 5.73 Å². The van der Waals surface area contributed by atoms with E-state index in [0.29, 0.717) is 18.0 Å². The van der Waals surface area contributed by atoms with Crippen LogP contribution in [0, 0.1) is 5.92 Å². The standard InChI is InChI=1S/C14H28N4O/c1-11-4-7-18(10-13(11)15)12-5-8-17(9-6-12)14(19)16(2)3/h11-13H,4-10,15H2,1-3H3. The molecule has 5 nitrogen and oxygen atoms in total. The van der Waals surface area contributed by atoms with E-state index >= 15 is 0 Å². The van der Waals surface area contributed by atoms with Gasteiger partial charge in [0.15, 0.2) is 0 Å². The molecule has 2 aliphatic rings. The van der Waals surface area contributed by atoms with Gasteiger partial charge in [0, 0.05) is 45.8 Å². The molecule has 2 unspecified atom stereocenters. The predicted molar refractivity (Wildman–Crippen MR) is 77.0 cm³/mol. The van der Waals surface area contributed by atoms with E-state index in [4.69, 9.17) is 5.73 Å². The third-order valence-corrected chi connectivity index (χ3v) is 4.68. The van der Waals surface area contributed by atoms with Crippen LogP contribution in [0.1, 0.15) is 26.2 Å². The highest BCUT2D eigenvalue weighted by Crippen LogP contribution is 2.23. The lowest BCUT2D eigenvalue weighted by Gasteiger charge is -2.43. The molecule has 110 valence electrons. The fraction of sp³-hybridized carbons (Fsp3) is 0.929. The smallest absolute Gasteiger partial charge is 0.319 e. The largest absolute Gasteiger partial charge is 0.331 e. The minimum atomic E-state index is 0.141. The highest BCUT2D eigenvalue weighted by Gasteiger charge is 2.31. The Morgan fingerprint density at radius 3 is 2.32 bits per heavy atom. The fourth-order valence-corrected chi connectivity index (χ4v) is 3.16. The van der Waals surface area contributed by atoms with Gasteiger partial charge in [0.05, 0.1) is 0 Å². The van der Waals surface area contributed by atoms with Crippen LogP contribution in [0.5, 0.6) is 0 Å². The number of amides is 2. The zero-order valence-electron chi connectivity index (χ0n) is 12.5. The number of carbonyl (C=O) groups excluding carboxylic acids is 1. The predicted octanol–water partition coefficient (Wildman–Crippen LogP) is 0.802. The number of hydrogen-bond donors (Lipinski definition) is 1. The first-order valence-corrected chi connectivity index (χ1v) is 7.45. The maximum atomic E-state index is 11.9. The van der Waals surface area contributed by atoms with Crippen molar-refractivity contribution < 1.29 is 4.79 Å².